The van der Waals surface area contributed by atoms with Gasteiger partial charge in [-0.15, -0.1) is 0 Å². The van der Waals surface area contributed by atoms with E-state index in [2.05, 4.69) is 67.0 Å². The molecule has 1 unspecified atom stereocenters. The summed E-state index contributed by atoms with van der Waals surface area (Å²) in [5.74, 6) is -0.988. The van der Waals surface area contributed by atoms with Crippen molar-refractivity contribution < 1.29 is 37.9 Å². The first-order valence-corrected chi connectivity index (χ1v) is 20.6. The van der Waals surface area contributed by atoms with Crippen LogP contribution < -0.4 is 0 Å². The number of phosphoric ester groups is 1. The molecule has 0 rings (SSSR count). The van der Waals surface area contributed by atoms with Gasteiger partial charge in [0.05, 0.1) is 6.61 Å². The predicted molar refractivity (Wildman–Crippen MR) is 202 cm³/mol. The summed E-state index contributed by atoms with van der Waals surface area (Å²) in [6.07, 6.45) is 43.9. The predicted octanol–water partition coefficient (Wildman–Crippen LogP) is 11.3. The molecule has 0 saturated carbocycles. The molecule has 0 aliphatic heterocycles. The molecule has 0 bridgehead atoms. The van der Waals surface area contributed by atoms with Crippen molar-refractivity contribution in [2.75, 3.05) is 13.2 Å². The van der Waals surface area contributed by atoms with Crippen molar-refractivity contribution in [1.82, 2.24) is 0 Å². The molecule has 2 N–H and O–H groups in total. The molecule has 0 amide bonds. The summed E-state index contributed by atoms with van der Waals surface area (Å²) in [6, 6.07) is 0. The number of esters is 2. The van der Waals surface area contributed by atoms with Crippen molar-refractivity contribution in [3.05, 3.63) is 60.8 Å². The summed E-state index contributed by atoms with van der Waals surface area (Å²) in [5, 5.41) is 0. The SMILES string of the molecule is CC/C=C\C/C=C\C/C=C\C/C=C\CCC(=O)OC(COC(=O)CCCCCCCCC/C=C\CCCCCCCCC)COP(=O)(O)O. The maximum absolute atomic E-state index is 12.3. The third-order valence-corrected chi connectivity index (χ3v) is 8.27. The third kappa shape index (κ3) is 38.4. The monoisotopic (exact) mass is 708 g/mol. The smallest absolute Gasteiger partial charge is 0.462 e. The summed E-state index contributed by atoms with van der Waals surface area (Å²) in [5.41, 5.74) is 0. The van der Waals surface area contributed by atoms with Crippen molar-refractivity contribution in [2.24, 2.45) is 0 Å². The highest BCUT2D eigenvalue weighted by Gasteiger charge is 2.22. The third-order valence-electron chi connectivity index (χ3n) is 7.78. The molecule has 0 fully saturated rings. The zero-order valence-electron chi connectivity index (χ0n) is 30.8. The molecule has 0 aromatic rings. The van der Waals surface area contributed by atoms with E-state index >= 15 is 0 Å². The fourth-order valence-electron chi connectivity index (χ4n) is 4.97. The van der Waals surface area contributed by atoms with Crippen molar-refractivity contribution in [3.63, 3.8) is 0 Å². The van der Waals surface area contributed by atoms with Crippen LogP contribution >= 0.6 is 7.82 Å². The highest BCUT2D eigenvalue weighted by molar-refractivity contribution is 7.46. The largest absolute Gasteiger partial charge is 0.469 e. The second-order valence-corrected chi connectivity index (χ2v) is 13.8. The van der Waals surface area contributed by atoms with E-state index in [1.54, 1.807) is 0 Å². The lowest BCUT2D eigenvalue weighted by molar-refractivity contribution is -0.161. The van der Waals surface area contributed by atoms with Gasteiger partial charge in [-0.1, -0.05) is 145 Å². The number of ether oxygens (including phenoxy) is 2. The quantitative estimate of drug-likeness (QED) is 0.0293. The van der Waals surface area contributed by atoms with Crippen molar-refractivity contribution in [2.45, 2.75) is 168 Å². The maximum atomic E-state index is 12.3. The Balaban J connectivity index is 4.03. The number of hydrogen-bond acceptors (Lipinski definition) is 6. The normalized spacial score (nSPS) is 13.1. The van der Waals surface area contributed by atoms with E-state index in [1.165, 1.54) is 70.6 Å². The highest BCUT2D eigenvalue weighted by atomic mass is 31.2. The number of carbonyl (C=O) groups is 2. The van der Waals surface area contributed by atoms with Crippen molar-refractivity contribution >= 4 is 19.8 Å². The molecule has 0 spiro atoms. The Kier molecular flexibility index (Phi) is 33.9. The molecule has 49 heavy (non-hydrogen) atoms. The molecular formula is C40H69O8P. The van der Waals surface area contributed by atoms with Crippen LogP contribution in [0.25, 0.3) is 0 Å². The molecule has 0 aliphatic carbocycles. The van der Waals surface area contributed by atoms with E-state index in [1.807, 2.05) is 12.2 Å². The molecule has 9 heteroatoms. The second-order valence-electron chi connectivity index (χ2n) is 12.5. The summed E-state index contributed by atoms with van der Waals surface area (Å²) >= 11 is 0. The Bertz CT molecular complexity index is 979. The average molecular weight is 709 g/mol. The Morgan fingerprint density at radius 3 is 1.55 bits per heavy atom. The molecular weight excluding hydrogens is 639 g/mol. The van der Waals surface area contributed by atoms with Crippen molar-refractivity contribution in [3.8, 4) is 0 Å². The van der Waals surface area contributed by atoms with Crippen LogP contribution in [0.1, 0.15) is 162 Å². The number of carbonyl (C=O) groups excluding carboxylic acids is 2. The topological polar surface area (TPSA) is 119 Å². The van der Waals surface area contributed by atoms with Gasteiger partial charge in [0, 0.05) is 12.8 Å². The minimum atomic E-state index is -4.77. The van der Waals surface area contributed by atoms with Crippen LogP contribution in [0.4, 0.5) is 0 Å². The average Bonchev–Trinajstić information content (AvgIpc) is 3.07. The van der Waals surface area contributed by atoms with Gasteiger partial charge in [-0.05, 0) is 64.2 Å². The van der Waals surface area contributed by atoms with Gasteiger partial charge in [0.2, 0.25) is 0 Å². The van der Waals surface area contributed by atoms with Crippen LogP contribution in [0.15, 0.2) is 60.8 Å². The first-order valence-electron chi connectivity index (χ1n) is 19.1. The summed E-state index contributed by atoms with van der Waals surface area (Å²) in [4.78, 5) is 42.6. The van der Waals surface area contributed by atoms with E-state index < -0.39 is 32.5 Å². The Morgan fingerprint density at radius 1 is 0.551 bits per heavy atom. The standard InChI is InChI=1S/C40H69O8P/c1-3-5-7-9-11-13-15-17-18-19-20-21-23-24-26-28-30-32-34-39(41)46-36-38(37-47-49(43,44)45)48-40(42)35-33-31-29-27-25-22-16-14-12-10-8-6-4-2/h6,8,12,14,18-19,22,25,29,31,38H,3-5,7,9-11,13,15-17,20-21,23-24,26-28,30,32-37H2,1-2H3,(H2,43,44,45)/b8-6-,14-12-,19-18-,25-22-,31-29-. The Labute approximate surface area is 298 Å². The van der Waals surface area contributed by atoms with Crippen LogP contribution in [0.2, 0.25) is 0 Å². The Hall–Kier alpha value is -2.25. The van der Waals surface area contributed by atoms with Crippen LogP contribution in [0, 0.1) is 0 Å². The van der Waals surface area contributed by atoms with Crippen LogP contribution in [0.5, 0.6) is 0 Å². The molecule has 282 valence electrons. The number of unbranched alkanes of at least 4 members (excludes halogenated alkanes) is 14. The second kappa shape index (κ2) is 35.6. The van der Waals surface area contributed by atoms with E-state index in [0.29, 0.717) is 12.8 Å². The number of hydrogen-bond donors (Lipinski definition) is 2. The van der Waals surface area contributed by atoms with Gasteiger partial charge < -0.3 is 19.3 Å². The number of allylic oxidation sites excluding steroid dienone is 10. The highest BCUT2D eigenvalue weighted by Crippen LogP contribution is 2.35. The van der Waals surface area contributed by atoms with Gasteiger partial charge in [-0.2, -0.15) is 0 Å². The lowest BCUT2D eigenvalue weighted by Crippen LogP contribution is -2.29. The molecule has 0 heterocycles. The molecule has 0 aromatic heterocycles. The Morgan fingerprint density at radius 2 is 1.02 bits per heavy atom. The van der Waals surface area contributed by atoms with E-state index in [0.717, 1.165) is 51.4 Å². The number of phosphoric acid groups is 1. The molecule has 0 radical (unpaired) electrons. The minimum absolute atomic E-state index is 0.0879. The molecule has 0 aromatic carbocycles. The first kappa shape index (κ1) is 46.8. The van der Waals surface area contributed by atoms with Gasteiger partial charge in [0.1, 0.15) is 6.61 Å². The van der Waals surface area contributed by atoms with E-state index in [-0.39, 0.29) is 19.4 Å². The van der Waals surface area contributed by atoms with E-state index in [9.17, 15) is 14.2 Å². The molecule has 0 aliphatic rings. The fourth-order valence-corrected chi connectivity index (χ4v) is 5.33. The molecule has 1 atom stereocenters. The fraction of sp³-hybridized carbons (Fsp3) is 0.700. The van der Waals surface area contributed by atoms with Crippen LogP contribution in [-0.4, -0.2) is 41.0 Å². The molecule has 0 saturated heterocycles. The van der Waals surface area contributed by atoms with E-state index in [4.69, 9.17) is 19.3 Å². The minimum Gasteiger partial charge on any atom is -0.462 e. The van der Waals surface area contributed by atoms with Crippen LogP contribution in [-0.2, 0) is 28.2 Å². The van der Waals surface area contributed by atoms with Crippen LogP contribution in [0.3, 0.4) is 0 Å². The number of rotatable bonds is 34. The summed E-state index contributed by atoms with van der Waals surface area (Å²) < 4.78 is 26.2. The van der Waals surface area contributed by atoms with Gasteiger partial charge in [-0.25, -0.2) is 4.57 Å². The zero-order chi connectivity index (χ0) is 36.1. The zero-order valence-corrected chi connectivity index (χ0v) is 31.7. The van der Waals surface area contributed by atoms with Gasteiger partial charge in [-0.3, -0.25) is 14.1 Å². The summed E-state index contributed by atoms with van der Waals surface area (Å²) in [6.45, 7) is 3.49. The molecule has 8 nitrogen and oxygen atoms in total. The lowest BCUT2D eigenvalue weighted by atomic mass is 10.1. The lowest BCUT2D eigenvalue weighted by Gasteiger charge is -2.18. The first-order chi connectivity index (χ1) is 23.8. The van der Waals surface area contributed by atoms with Crippen molar-refractivity contribution in [1.29, 1.82) is 0 Å². The van der Waals surface area contributed by atoms with Gasteiger partial charge >= 0.3 is 19.8 Å². The summed E-state index contributed by atoms with van der Waals surface area (Å²) in [7, 11) is -4.77. The maximum Gasteiger partial charge on any atom is 0.469 e. The van der Waals surface area contributed by atoms with Gasteiger partial charge in [0.15, 0.2) is 6.10 Å². The van der Waals surface area contributed by atoms with Gasteiger partial charge in [0.25, 0.3) is 0 Å².